The van der Waals surface area contributed by atoms with E-state index in [0.29, 0.717) is 18.7 Å². The molecule has 3 amide bonds. The summed E-state index contributed by atoms with van der Waals surface area (Å²) in [4.78, 5) is 27.2. The lowest BCUT2D eigenvalue weighted by Gasteiger charge is -2.20. The molecule has 5 nitrogen and oxygen atoms in total. The van der Waals surface area contributed by atoms with Gasteiger partial charge in [0.2, 0.25) is 5.91 Å². The molecule has 0 aromatic heterocycles. The van der Waals surface area contributed by atoms with Gasteiger partial charge in [0, 0.05) is 36.3 Å². The van der Waals surface area contributed by atoms with Crippen LogP contribution in [0.2, 0.25) is 0 Å². The van der Waals surface area contributed by atoms with E-state index in [9.17, 15) is 9.59 Å². The van der Waals surface area contributed by atoms with E-state index in [4.69, 9.17) is 0 Å². The van der Waals surface area contributed by atoms with Crippen LogP contribution in [0.3, 0.4) is 0 Å². The van der Waals surface area contributed by atoms with Gasteiger partial charge in [-0.3, -0.25) is 4.79 Å². The van der Waals surface area contributed by atoms with Crippen molar-refractivity contribution in [1.82, 2.24) is 4.90 Å². The Morgan fingerprint density at radius 2 is 1.67 bits per heavy atom. The molecule has 0 saturated carbocycles. The summed E-state index contributed by atoms with van der Waals surface area (Å²) in [5.74, 6) is -0.0186. The molecule has 2 N–H and O–H groups in total. The maximum absolute atomic E-state index is 12.6. The number of hydrogen-bond acceptors (Lipinski definition) is 3. The molecule has 144 valence electrons. The second-order valence-electron chi connectivity index (χ2n) is 6.41. The molecule has 0 atom stereocenters. The number of rotatable bonds is 7. The molecule has 0 aliphatic rings. The zero-order chi connectivity index (χ0) is 19.8. The van der Waals surface area contributed by atoms with E-state index < -0.39 is 0 Å². The van der Waals surface area contributed by atoms with Gasteiger partial charge in [-0.05, 0) is 55.0 Å². The lowest BCUT2D eigenvalue weighted by molar-refractivity contribution is -0.116. The SMILES string of the molecule is CCCC(=O)Nc1cccc(NC(=O)N(C)Cc2ccc(SC)cc2)c1C. The van der Waals surface area contributed by atoms with Crippen LogP contribution in [0.1, 0.15) is 30.9 Å². The molecule has 27 heavy (non-hydrogen) atoms. The Balaban J connectivity index is 2.02. The molecule has 0 spiro atoms. The summed E-state index contributed by atoms with van der Waals surface area (Å²) in [6.07, 6.45) is 3.31. The number of amides is 3. The zero-order valence-corrected chi connectivity index (χ0v) is 17.2. The topological polar surface area (TPSA) is 61.4 Å². The van der Waals surface area contributed by atoms with E-state index >= 15 is 0 Å². The number of anilines is 2. The third-order valence-electron chi connectivity index (χ3n) is 4.25. The molecule has 2 rings (SSSR count). The summed E-state index contributed by atoms with van der Waals surface area (Å²) in [6.45, 7) is 4.37. The van der Waals surface area contributed by atoms with Gasteiger partial charge >= 0.3 is 6.03 Å². The minimum Gasteiger partial charge on any atom is -0.326 e. The fraction of sp³-hybridized carbons (Fsp3) is 0.333. The van der Waals surface area contributed by atoms with Crippen LogP contribution in [0.5, 0.6) is 0 Å². The first-order valence-electron chi connectivity index (χ1n) is 8.99. The molecule has 6 heteroatoms. The van der Waals surface area contributed by atoms with Crippen molar-refractivity contribution in [3.8, 4) is 0 Å². The first-order valence-corrected chi connectivity index (χ1v) is 10.2. The normalized spacial score (nSPS) is 10.4. The van der Waals surface area contributed by atoms with E-state index in [1.807, 2.05) is 50.4 Å². The van der Waals surface area contributed by atoms with Crippen molar-refractivity contribution >= 4 is 35.1 Å². The van der Waals surface area contributed by atoms with Gasteiger partial charge in [0.25, 0.3) is 0 Å². The first kappa shape index (κ1) is 20.8. The van der Waals surface area contributed by atoms with E-state index in [0.717, 1.165) is 23.2 Å². The van der Waals surface area contributed by atoms with E-state index in [1.165, 1.54) is 4.90 Å². The molecule has 0 aliphatic carbocycles. The van der Waals surface area contributed by atoms with Crippen LogP contribution >= 0.6 is 11.8 Å². The predicted octanol–water partition coefficient (Wildman–Crippen LogP) is 5.12. The summed E-state index contributed by atoms with van der Waals surface area (Å²) >= 11 is 1.69. The third kappa shape index (κ3) is 6.03. The number of thioether (sulfide) groups is 1. The number of nitrogens with zero attached hydrogens (tertiary/aromatic N) is 1. The van der Waals surface area contributed by atoms with Crippen molar-refractivity contribution in [3.63, 3.8) is 0 Å². The summed E-state index contributed by atoms with van der Waals surface area (Å²) in [5.41, 5.74) is 3.33. The number of carbonyl (C=O) groups is 2. The molecule has 0 saturated heterocycles. The number of benzene rings is 2. The van der Waals surface area contributed by atoms with Crippen molar-refractivity contribution in [2.45, 2.75) is 38.1 Å². The van der Waals surface area contributed by atoms with Crippen molar-refractivity contribution in [2.24, 2.45) is 0 Å². The van der Waals surface area contributed by atoms with Crippen LogP contribution in [0.15, 0.2) is 47.4 Å². The average Bonchev–Trinajstić information content (AvgIpc) is 2.65. The highest BCUT2D eigenvalue weighted by Gasteiger charge is 2.13. The molecule has 0 fully saturated rings. The largest absolute Gasteiger partial charge is 0.326 e. The highest BCUT2D eigenvalue weighted by Crippen LogP contribution is 2.24. The van der Waals surface area contributed by atoms with Crippen LogP contribution in [0, 0.1) is 6.92 Å². The molecule has 0 unspecified atom stereocenters. The van der Waals surface area contributed by atoms with E-state index in [2.05, 4.69) is 22.8 Å². The standard InChI is InChI=1S/C21H27N3O2S/c1-5-7-20(25)22-18-8-6-9-19(15(18)2)23-21(26)24(3)14-16-10-12-17(27-4)13-11-16/h6,8-13H,5,7,14H2,1-4H3,(H,22,25)(H,23,26). The Morgan fingerprint density at radius 1 is 1.04 bits per heavy atom. The summed E-state index contributed by atoms with van der Waals surface area (Å²) in [5, 5.41) is 5.83. The zero-order valence-electron chi connectivity index (χ0n) is 16.3. The lowest BCUT2D eigenvalue weighted by atomic mass is 10.1. The number of hydrogen-bond donors (Lipinski definition) is 2. The second kappa shape index (κ2) is 10.0. The van der Waals surface area contributed by atoms with Gasteiger partial charge in [-0.15, -0.1) is 11.8 Å². The second-order valence-corrected chi connectivity index (χ2v) is 7.29. The van der Waals surface area contributed by atoms with E-state index in [-0.39, 0.29) is 11.9 Å². The van der Waals surface area contributed by atoms with Crippen LogP contribution in [0.4, 0.5) is 16.2 Å². The van der Waals surface area contributed by atoms with Crippen LogP contribution in [0.25, 0.3) is 0 Å². The number of urea groups is 1. The van der Waals surface area contributed by atoms with Crippen molar-refractivity contribution < 1.29 is 9.59 Å². The van der Waals surface area contributed by atoms with Crippen LogP contribution in [-0.4, -0.2) is 30.1 Å². The van der Waals surface area contributed by atoms with Gasteiger partial charge in [0.15, 0.2) is 0 Å². The van der Waals surface area contributed by atoms with E-state index in [1.54, 1.807) is 23.7 Å². The molecule has 0 heterocycles. The predicted molar refractivity (Wildman–Crippen MR) is 113 cm³/mol. The van der Waals surface area contributed by atoms with Crippen LogP contribution in [-0.2, 0) is 11.3 Å². The fourth-order valence-electron chi connectivity index (χ4n) is 2.63. The summed E-state index contributed by atoms with van der Waals surface area (Å²) in [6, 6.07) is 13.5. The molecule has 0 bridgehead atoms. The molecule has 2 aromatic rings. The third-order valence-corrected chi connectivity index (χ3v) is 5.00. The van der Waals surface area contributed by atoms with Crippen LogP contribution < -0.4 is 10.6 Å². The highest BCUT2D eigenvalue weighted by atomic mass is 32.2. The maximum Gasteiger partial charge on any atom is 0.321 e. The molecule has 0 radical (unpaired) electrons. The quantitative estimate of drug-likeness (QED) is 0.650. The smallest absolute Gasteiger partial charge is 0.321 e. The highest BCUT2D eigenvalue weighted by molar-refractivity contribution is 7.98. The fourth-order valence-corrected chi connectivity index (χ4v) is 3.04. The molecule has 2 aromatic carbocycles. The lowest BCUT2D eigenvalue weighted by Crippen LogP contribution is -2.31. The summed E-state index contributed by atoms with van der Waals surface area (Å²) in [7, 11) is 1.76. The number of nitrogens with one attached hydrogen (secondary N) is 2. The first-order chi connectivity index (χ1) is 12.9. The Hall–Kier alpha value is -2.47. The minimum absolute atomic E-state index is 0.0186. The van der Waals surface area contributed by atoms with Gasteiger partial charge < -0.3 is 15.5 Å². The average molecular weight is 386 g/mol. The molecular formula is C21H27N3O2S. The maximum atomic E-state index is 12.6. The Bertz CT molecular complexity index is 791. The van der Waals surface area contributed by atoms with Crippen molar-refractivity contribution in [2.75, 3.05) is 23.9 Å². The molecular weight excluding hydrogens is 358 g/mol. The Morgan fingerprint density at radius 3 is 2.26 bits per heavy atom. The molecule has 0 aliphatic heterocycles. The van der Waals surface area contributed by atoms with Gasteiger partial charge in [-0.25, -0.2) is 4.79 Å². The van der Waals surface area contributed by atoms with Gasteiger partial charge in [0.05, 0.1) is 0 Å². The van der Waals surface area contributed by atoms with Gasteiger partial charge in [-0.2, -0.15) is 0 Å². The van der Waals surface area contributed by atoms with Gasteiger partial charge in [-0.1, -0.05) is 25.1 Å². The van der Waals surface area contributed by atoms with Crippen molar-refractivity contribution in [3.05, 3.63) is 53.6 Å². The van der Waals surface area contributed by atoms with Gasteiger partial charge in [0.1, 0.15) is 0 Å². The van der Waals surface area contributed by atoms with Crippen molar-refractivity contribution in [1.29, 1.82) is 0 Å². The minimum atomic E-state index is -0.191. The monoisotopic (exact) mass is 385 g/mol. The Kier molecular flexibility index (Phi) is 7.73. The number of carbonyl (C=O) groups excluding carboxylic acids is 2. The Labute approximate surface area is 165 Å². The summed E-state index contributed by atoms with van der Waals surface area (Å²) < 4.78 is 0.